The first-order valence-corrected chi connectivity index (χ1v) is 6.50. The molecule has 0 aromatic carbocycles. The fourth-order valence-electron chi connectivity index (χ4n) is 1.97. The highest BCUT2D eigenvalue weighted by molar-refractivity contribution is 5.25. The van der Waals surface area contributed by atoms with E-state index in [0.29, 0.717) is 24.6 Å². The lowest BCUT2D eigenvalue weighted by molar-refractivity contribution is 0.187. The van der Waals surface area contributed by atoms with Crippen molar-refractivity contribution in [1.29, 1.82) is 0 Å². The molecule has 2 aromatic heterocycles. The Kier molecular flexibility index (Phi) is 4.64. The van der Waals surface area contributed by atoms with Crippen molar-refractivity contribution in [2.45, 2.75) is 26.3 Å². The molecule has 0 aliphatic heterocycles. The highest BCUT2D eigenvalue weighted by Crippen LogP contribution is 2.03. The zero-order valence-corrected chi connectivity index (χ0v) is 11.0. The van der Waals surface area contributed by atoms with Crippen LogP contribution in [0, 0.1) is 0 Å². The Balaban J connectivity index is 2.15. The van der Waals surface area contributed by atoms with Gasteiger partial charge in [-0.3, -0.25) is 14.8 Å². The number of nitrogens with zero attached hydrogens (tertiary/aromatic N) is 4. The Morgan fingerprint density at radius 1 is 1.47 bits per heavy atom. The number of nitrogens with one attached hydrogen (secondary N) is 1. The fraction of sp³-hybridized carbons (Fsp3) is 0.583. The van der Waals surface area contributed by atoms with Crippen molar-refractivity contribution in [3.05, 3.63) is 28.4 Å². The molecule has 0 unspecified atom stereocenters. The molecule has 0 aliphatic carbocycles. The van der Waals surface area contributed by atoms with E-state index in [2.05, 4.69) is 26.9 Å². The van der Waals surface area contributed by atoms with Gasteiger partial charge in [-0.15, -0.1) is 0 Å². The molecule has 0 amide bonds. The molecule has 0 spiro atoms. The van der Waals surface area contributed by atoms with Crippen LogP contribution >= 0.6 is 0 Å². The van der Waals surface area contributed by atoms with E-state index >= 15 is 0 Å². The van der Waals surface area contributed by atoms with Crippen LogP contribution in [0.2, 0.25) is 0 Å². The summed E-state index contributed by atoms with van der Waals surface area (Å²) in [6.07, 6.45) is 3.59. The van der Waals surface area contributed by atoms with Gasteiger partial charge in [-0.05, 0) is 13.0 Å². The van der Waals surface area contributed by atoms with Crippen LogP contribution in [0.5, 0.6) is 0 Å². The molecule has 0 atom stereocenters. The summed E-state index contributed by atoms with van der Waals surface area (Å²) in [6, 6.07) is 1.50. The summed E-state index contributed by atoms with van der Waals surface area (Å²) in [4.78, 5) is 22.2. The van der Waals surface area contributed by atoms with Crippen LogP contribution in [0.3, 0.4) is 0 Å². The molecule has 7 nitrogen and oxygen atoms in total. The Bertz CT molecular complexity index is 577. The number of H-pyrrole nitrogens is 1. The highest BCUT2D eigenvalue weighted by Gasteiger charge is 2.09. The summed E-state index contributed by atoms with van der Waals surface area (Å²) < 4.78 is 1.30. The SMILES string of the molecule is CCCCN(CCO)Cc1cc(=O)n2[nH]cnc2n1. The summed E-state index contributed by atoms with van der Waals surface area (Å²) in [5.74, 6) is 0.377. The number of hydrogen-bond acceptors (Lipinski definition) is 5. The van der Waals surface area contributed by atoms with E-state index in [0.717, 1.165) is 19.4 Å². The number of rotatable bonds is 7. The van der Waals surface area contributed by atoms with Crippen molar-refractivity contribution < 1.29 is 5.11 Å². The van der Waals surface area contributed by atoms with Crippen LogP contribution in [0.15, 0.2) is 17.2 Å². The molecule has 2 N–H and O–H groups in total. The van der Waals surface area contributed by atoms with E-state index < -0.39 is 0 Å². The third kappa shape index (κ3) is 3.39. The largest absolute Gasteiger partial charge is 0.395 e. The summed E-state index contributed by atoms with van der Waals surface area (Å²) >= 11 is 0. The van der Waals surface area contributed by atoms with E-state index in [1.54, 1.807) is 0 Å². The Hall–Kier alpha value is -1.73. The van der Waals surface area contributed by atoms with Gasteiger partial charge in [0.25, 0.3) is 11.3 Å². The molecule has 0 fully saturated rings. The van der Waals surface area contributed by atoms with E-state index in [-0.39, 0.29) is 12.2 Å². The van der Waals surface area contributed by atoms with Gasteiger partial charge in [0.15, 0.2) is 0 Å². The number of fused-ring (bicyclic) bond motifs is 1. The zero-order chi connectivity index (χ0) is 13.7. The monoisotopic (exact) mass is 265 g/mol. The average molecular weight is 265 g/mol. The molecule has 0 aliphatic rings. The quantitative estimate of drug-likeness (QED) is 0.736. The van der Waals surface area contributed by atoms with Gasteiger partial charge in [0.2, 0.25) is 0 Å². The zero-order valence-electron chi connectivity index (χ0n) is 11.0. The lowest BCUT2D eigenvalue weighted by atomic mass is 10.3. The molecular formula is C12H19N5O2. The Labute approximate surface area is 110 Å². The summed E-state index contributed by atoms with van der Waals surface area (Å²) in [5, 5.41) is 11.8. The van der Waals surface area contributed by atoms with Gasteiger partial charge in [-0.1, -0.05) is 13.3 Å². The minimum absolute atomic E-state index is 0.105. The van der Waals surface area contributed by atoms with Crippen LogP contribution in [0.4, 0.5) is 0 Å². The van der Waals surface area contributed by atoms with Gasteiger partial charge < -0.3 is 5.11 Å². The van der Waals surface area contributed by atoms with Crippen molar-refractivity contribution >= 4 is 5.78 Å². The summed E-state index contributed by atoms with van der Waals surface area (Å²) in [5.41, 5.74) is 0.513. The molecule has 2 rings (SSSR count). The molecule has 2 heterocycles. The van der Waals surface area contributed by atoms with Crippen molar-refractivity contribution in [3.63, 3.8) is 0 Å². The Morgan fingerprint density at radius 3 is 3.05 bits per heavy atom. The lowest BCUT2D eigenvalue weighted by Crippen LogP contribution is -2.29. The molecule has 7 heteroatoms. The van der Waals surface area contributed by atoms with Crippen molar-refractivity contribution in [3.8, 4) is 0 Å². The number of aromatic amines is 1. The second kappa shape index (κ2) is 6.44. The first-order chi connectivity index (χ1) is 9.24. The second-order valence-corrected chi connectivity index (χ2v) is 4.46. The van der Waals surface area contributed by atoms with Crippen LogP contribution in [0.25, 0.3) is 5.78 Å². The standard InChI is InChI=1S/C12H19N5O2/c1-2-3-4-16(5-6-18)8-10-7-11(19)17-12(15-10)13-9-14-17/h7,9,18H,2-6,8H2,1H3,(H,13,14,15). The Morgan fingerprint density at radius 2 is 2.32 bits per heavy atom. The lowest BCUT2D eigenvalue weighted by Gasteiger charge is -2.20. The minimum atomic E-state index is -0.170. The van der Waals surface area contributed by atoms with Crippen molar-refractivity contribution in [1.82, 2.24) is 24.5 Å². The third-order valence-electron chi connectivity index (χ3n) is 2.95. The predicted octanol–water partition coefficient (Wildman–Crippen LogP) is 0.0120. The number of unbranched alkanes of at least 4 members (excludes halogenated alkanes) is 1. The summed E-state index contributed by atoms with van der Waals surface area (Å²) in [6.45, 7) is 4.25. The van der Waals surface area contributed by atoms with Gasteiger partial charge in [0.1, 0.15) is 6.33 Å². The van der Waals surface area contributed by atoms with Crippen LogP contribution in [-0.2, 0) is 6.54 Å². The average Bonchev–Trinajstić information content (AvgIpc) is 2.85. The van der Waals surface area contributed by atoms with Crippen molar-refractivity contribution in [2.24, 2.45) is 0 Å². The van der Waals surface area contributed by atoms with Gasteiger partial charge in [-0.25, -0.2) is 9.97 Å². The first-order valence-electron chi connectivity index (χ1n) is 6.50. The summed E-state index contributed by atoms with van der Waals surface area (Å²) in [7, 11) is 0. The van der Waals surface area contributed by atoms with Gasteiger partial charge >= 0.3 is 0 Å². The number of aliphatic hydroxyl groups is 1. The molecule has 0 bridgehead atoms. The molecular weight excluding hydrogens is 246 g/mol. The number of hydrogen-bond donors (Lipinski definition) is 2. The number of aromatic nitrogens is 4. The van der Waals surface area contributed by atoms with E-state index in [1.807, 2.05) is 0 Å². The van der Waals surface area contributed by atoms with E-state index in [9.17, 15) is 4.79 Å². The fourth-order valence-corrected chi connectivity index (χ4v) is 1.97. The molecule has 0 radical (unpaired) electrons. The normalized spacial score (nSPS) is 11.5. The second-order valence-electron chi connectivity index (χ2n) is 4.46. The van der Waals surface area contributed by atoms with Crippen LogP contribution in [0.1, 0.15) is 25.5 Å². The molecule has 0 saturated carbocycles. The molecule has 19 heavy (non-hydrogen) atoms. The first kappa shape index (κ1) is 13.7. The minimum Gasteiger partial charge on any atom is -0.395 e. The van der Waals surface area contributed by atoms with Crippen LogP contribution in [-0.4, -0.2) is 49.3 Å². The topological polar surface area (TPSA) is 86.5 Å². The van der Waals surface area contributed by atoms with E-state index in [4.69, 9.17) is 5.11 Å². The highest BCUT2D eigenvalue weighted by atomic mass is 16.3. The molecule has 104 valence electrons. The maximum absolute atomic E-state index is 11.8. The maximum Gasteiger partial charge on any atom is 0.274 e. The smallest absolute Gasteiger partial charge is 0.274 e. The van der Waals surface area contributed by atoms with Crippen molar-refractivity contribution in [2.75, 3.05) is 19.7 Å². The predicted molar refractivity (Wildman–Crippen MR) is 70.9 cm³/mol. The van der Waals surface area contributed by atoms with E-state index in [1.165, 1.54) is 16.9 Å². The van der Waals surface area contributed by atoms with Crippen LogP contribution < -0.4 is 5.56 Å². The third-order valence-corrected chi connectivity index (χ3v) is 2.95. The maximum atomic E-state index is 11.8. The van der Waals surface area contributed by atoms with Gasteiger partial charge in [0, 0.05) is 19.2 Å². The van der Waals surface area contributed by atoms with Gasteiger partial charge in [0.05, 0.1) is 12.3 Å². The molecule has 0 saturated heterocycles. The number of aliphatic hydroxyl groups excluding tert-OH is 1. The van der Waals surface area contributed by atoms with Gasteiger partial charge in [-0.2, -0.15) is 4.52 Å². The molecule has 2 aromatic rings.